The molecule has 0 amide bonds. The number of carbonyl (C=O) groups excluding carboxylic acids is 4. The molecule has 0 aliphatic heterocycles. The second-order valence-corrected chi connectivity index (χ2v) is 30.9. The van der Waals surface area contributed by atoms with Gasteiger partial charge < -0.3 is 33.8 Å². The summed E-state index contributed by atoms with van der Waals surface area (Å²) < 4.78 is 68.6. The Morgan fingerprint density at radius 3 is 0.740 bits per heavy atom. The van der Waals surface area contributed by atoms with Gasteiger partial charge in [0.15, 0.2) is 12.2 Å². The van der Waals surface area contributed by atoms with Crippen molar-refractivity contribution in [1.82, 2.24) is 0 Å². The van der Waals surface area contributed by atoms with Crippen molar-refractivity contribution in [3.8, 4) is 0 Å². The molecule has 0 rings (SSSR count). The van der Waals surface area contributed by atoms with Crippen molar-refractivity contribution < 1.29 is 80.2 Å². The van der Waals surface area contributed by atoms with Gasteiger partial charge in [0, 0.05) is 25.7 Å². The van der Waals surface area contributed by atoms with Crippen LogP contribution in [0.4, 0.5) is 0 Å². The molecule has 0 saturated carbocycles. The minimum atomic E-state index is -4.96. The molecule has 0 bridgehead atoms. The number of phosphoric ester groups is 2. The van der Waals surface area contributed by atoms with Gasteiger partial charge in [0.25, 0.3) is 0 Å². The summed E-state index contributed by atoms with van der Waals surface area (Å²) in [6.07, 6.45) is 59.5. The molecule has 0 aromatic carbocycles. The average Bonchev–Trinajstić information content (AvgIpc) is 1.85. The Kier molecular flexibility index (Phi) is 68.7. The molecule has 0 aromatic heterocycles. The van der Waals surface area contributed by atoms with Crippen LogP contribution in [0.3, 0.4) is 0 Å². The summed E-state index contributed by atoms with van der Waals surface area (Å²) >= 11 is 0. The summed E-state index contributed by atoms with van der Waals surface area (Å²) in [6, 6.07) is 0. The molecule has 19 heteroatoms. The van der Waals surface area contributed by atoms with Crippen molar-refractivity contribution in [3.63, 3.8) is 0 Å². The first kappa shape index (κ1) is 94.1. The molecule has 3 unspecified atom stereocenters. The summed E-state index contributed by atoms with van der Waals surface area (Å²) in [6.45, 7) is 7.32. The molecule has 17 nitrogen and oxygen atoms in total. The molecule has 96 heavy (non-hydrogen) atoms. The quantitative estimate of drug-likeness (QED) is 0.0222. The van der Waals surface area contributed by atoms with Crippen LogP contribution in [0.25, 0.3) is 0 Å². The van der Waals surface area contributed by atoms with Gasteiger partial charge in [-0.3, -0.25) is 37.3 Å². The minimum absolute atomic E-state index is 0.107. The van der Waals surface area contributed by atoms with Crippen LogP contribution >= 0.6 is 15.6 Å². The lowest BCUT2D eigenvalue weighted by Gasteiger charge is -2.21. The third kappa shape index (κ3) is 69.2. The van der Waals surface area contributed by atoms with Gasteiger partial charge in [-0.25, -0.2) is 9.13 Å². The number of unbranched alkanes of at least 4 members (excludes halogenated alkanes) is 48. The number of rotatable bonds is 77. The molecule has 570 valence electrons. The summed E-state index contributed by atoms with van der Waals surface area (Å²) in [5.74, 6) is -1.31. The van der Waals surface area contributed by atoms with Crippen molar-refractivity contribution >= 4 is 39.5 Å². The largest absolute Gasteiger partial charge is 0.472 e. The monoisotopic (exact) mass is 1410 g/mol. The first-order valence-corrected chi connectivity index (χ1v) is 43.2. The maximum absolute atomic E-state index is 13.1. The Balaban J connectivity index is 5.23. The van der Waals surface area contributed by atoms with E-state index in [1.54, 1.807) is 0 Å². The van der Waals surface area contributed by atoms with E-state index in [0.29, 0.717) is 25.7 Å². The van der Waals surface area contributed by atoms with Gasteiger partial charge in [-0.05, 0) is 31.6 Å². The van der Waals surface area contributed by atoms with Gasteiger partial charge >= 0.3 is 39.5 Å². The number of ether oxygens (including phenoxy) is 4. The molecule has 0 spiro atoms. The predicted octanol–water partition coefficient (Wildman–Crippen LogP) is 22.9. The predicted molar refractivity (Wildman–Crippen MR) is 391 cm³/mol. The van der Waals surface area contributed by atoms with Crippen LogP contribution in [0.5, 0.6) is 0 Å². The van der Waals surface area contributed by atoms with E-state index in [1.165, 1.54) is 231 Å². The summed E-state index contributed by atoms with van der Waals surface area (Å²) in [5.41, 5.74) is 0. The van der Waals surface area contributed by atoms with Crippen LogP contribution in [0.15, 0.2) is 0 Å². The number of esters is 4. The average molecular weight is 1410 g/mol. The first-order chi connectivity index (χ1) is 46.6. The minimum Gasteiger partial charge on any atom is -0.462 e. The van der Waals surface area contributed by atoms with E-state index < -0.39 is 97.5 Å². The summed E-state index contributed by atoms with van der Waals surface area (Å²) in [5, 5.41) is 10.6. The van der Waals surface area contributed by atoms with Crippen LogP contribution in [0.1, 0.15) is 407 Å². The second-order valence-electron chi connectivity index (χ2n) is 28.0. The number of carbonyl (C=O) groups is 4. The van der Waals surface area contributed by atoms with Gasteiger partial charge in [-0.2, -0.15) is 0 Å². The fourth-order valence-corrected chi connectivity index (χ4v) is 13.4. The molecular formula is C77H150O17P2. The van der Waals surface area contributed by atoms with Crippen molar-refractivity contribution in [2.75, 3.05) is 39.6 Å². The lowest BCUT2D eigenvalue weighted by atomic mass is 9.99. The normalized spacial score (nSPS) is 14.2. The van der Waals surface area contributed by atoms with Crippen LogP contribution < -0.4 is 0 Å². The molecular weight excluding hydrogens is 1260 g/mol. The van der Waals surface area contributed by atoms with E-state index in [1.807, 2.05) is 0 Å². The Bertz CT molecular complexity index is 1840. The van der Waals surface area contributed by atoms with Crippen LogP contribution in [-0.2, 0) is 65.4 Å². The van der Waals surface area contributed by atoms with Crippen LogP contribution in [0.2, 0.25) is 0 Å². The van der Waals surface area contributed by atoms with Crippen LogP contribution in [0, 0.1) is 5.92 Å². The molecule has 0 radical (unpaired) electrons. The number of hydrogen-bond acceptors (Lipinski definition) is 15. The number of aliphatic hydroxyl groups excluding tert-OH is 1. The standard InChI is InChI=1S/C77H150O17P2/c1-6-10-13-16-19-22-24-26-28-30-32-34-36-42-47-52-57-62-76(81)93-73(67-88-75(80)61-56-51-46-41-35-33-31-29-27-25-23-20-17-14-11-7-2)69-92-96(85,86)90-65-71(78)64-89-95(83,84)91-68-72(66-87-74(79)60-55-50-45-39-21-18-15-12-8-3)94-77(82)63-58-53-48-43-38-37-40-44-49-54-59-70(5)9-4/h70-73,78H,6-69H2,1-5H3,(H,83,84)(H,85,86)/t70?,71-,72+,73+/m0/s1. The lowest BCUT2D eigenvalue weighted by Crippen LogP contribution is -2.30. The summed E-state index contributed by atoms with van der Waals surface area (Å²) in [4.78, 5) is 72.8. The van der Waals surface area contributed by atoms with E-state index in [-0.39, 0.29) is 25.7 Å². The van der Waals surface area contributed by atoms with Gasteiger partial charge in [-0.15, -0.1) is 0 Å². The second kappa shape index (κ2) is 70.1. The summed E-state index contributed by atoms with van der Waals surface area (Å²) in [7, 11) is -9.91. The van der Waals surface area contributed by atoms with Gasteiger partial charge in [0.2, 0.25) is 0 Å². The van der Waals surface area contributed by atoms with Crippen molar-refractivity contribution in [3.05, 3.63) is 0 Å². The molecule has 6 atom stereocenters. The van der Waals surface area contributed by atoms with Gasteiger partial charge in [0.05, 0.1) is 26.4 Å². The van der Waals surface area contributed by atoms with Crippen molar-refractivity contribution in [1.29, 1.82) is 0 Å². The van der Waals surface area contributed by atoms with E-state index in [0.717, 1.165) is 95.8 Å². The first-order valence-electron chi connectivity index (χ1n) is 40.2. The van der Waals surface area contributed by atoms with Crippen molar-refractivity contribution in [2.24, 2.45) is 5.92 Å². The number of phosphoric acid groups is 2. The zero-order chi connectivity index (χ0) is 70.5. The van der Waals surface area contributed by atoms with E-state index in [9.17, 15) is 43.2 Å². The molecule has 0 aliphatic carbocycles. The smallest absolute Gasteiger partial charge is 0.462 e. The highest BCUT2D eigenvalue weighted by atomic mass is 31.2. The van der Waals surface area contributed by atoms with Crippen molar-refractivity contribution in [2.45, 2.75) is 425 Å². The highest BCUT2D eigenvalue weighted by Crippen LogP contribution is 2.45. The molecule has 0 aromatic rings. The Hall–Kier alpha value is -1.94. The lowest BCUT2D eigenvalue weighted by molar-refractivity contribution is -0.161. The topological polar surface area (TPSA) is 237 Å². The Morgan fingerprint density at radius 1 is 0.292 bits per heavy atom. The van der Waals surface area contributed by atoms with Crippen LogP contribution in [-0.4, -0.2) is 96.7 Å². The maximum Gasteiger partial charge on any atom is 0.472 e. The molecule has 0 saturated heterocycles. The SMILES string of the molecule is CCCCCCCCCCCCCCCCCCCC(=O)O[C@H](COC(=O)CCCCCCCCCCCCCCCCCC)COP(=O)(O)OC[C@@H](O)COP(=O)(O)OC[C@@H](COC(=O)CCCCCCCCCCC)OC(=O)CCCCCCCCCCCCC(C)CC. The molecule has 0 aliphatic rings. The Labute approximate surface area is 588 Å². The highest BCUT2D eigenvalue weighted by molar-refractivity contribution is 7.47. The number of hydrogen-bond donors (Lipinski definition) is 3. The fraction of sp³-hybridized carbons (Fsp3) is 0.948. The third-order valence-electron chi connectivity index (χ3n) is 18.4. The third-order valence-corrected chi connectivity index (χ3v) is 20.3. The van der Waals surface area contributed by atoms with E-state index >= 15 is 0 Å². The highest BCUT2D eigenvalue weighted by Gasteiger charge is 2.30. The molecule has 3 N–H and O–H groups in total. The number of aliphatic hydroxyl groups is 1. The Morgan fingerprint density at radius 2 is 0.500 bits per heavy atom. The maximum atomic E-state index is 13.1. The zero-order valence-electron chi connectivity index (χ0n) is 62.5. The van der Waals surface area contributed by atoms with Gasteiger partial charge in [-0.1, -0.05) is 356 Å². The molecule has 0 heterocycles. The van der Waals surface area contributed by atoms with Gasteiger partial charge in [0.1, 0.15) is 19.3 Å². The molecule has 0 fully saturated rings. The van der Waals surface area contributed by atoms with E-state index in [2.05, 4.69) is 34.6 Å². The fourth-order valence-electron chi connectivity index (χ4n) is 11.8. The van der Waals surface area contributed by atoms with E-state index in [4.69, 9.17) is 37.0 Å². The zero-order valence-corrected chi connectivity index (χ0v) is 64.3.